The summed E-state index contributed by atoms with van der Waals surface area (Å²) in [7, 11) is 1.79. The molecule has 2 atom stereocenters. The molecule has 0 aromatic carbocycles. The van der Waals surface area contributed by atoms with Gasteiger partial charge in [0.25, 0.3) is 0 Å². The van der Waals surface area contributed by atoms with Crippen molar-refractivity contribution in [1.82, 2.24) is 34.9 Å². The van der Waals surface area contributed by atoms with Gasteiger partial charge in [0.15, 0.2) is 5.82 Å². The second kappa shape index (κ2) is 11.9. The molecule has 0 aliphatic carbocycles. The third kappa shape index (κ3) is 5.54. The maximum Gasteiger partial charge on any atom is 0.227 e. The number of fused-ring (bicyclic) bond motifs is 3. The normalized spacial score (nSPS) is 24.3. The fourth-order valence-corrected chi connectivity index (χ4v) is 7.50. The molecule has 4 fully saturated rings. The second-order valence-corrected chi connectivity index (χ2v) is 12.9. The molecular formula is C31H46N10O. The van der Waals surface area contributed by atoms with E-state index in [-0.39, 0.29) is 6.04 Å². The monoisotopic (exact) mass is 574 g/mol. The SMILES string of the molecule is COC1CCN(c2nccc(Nc3cc4c(cn3)c(N3CCC(CN5C6CCC5CNC6)CC3)nn4C(C)C)n2)CC1. The van der Waals surface area contributed by atoms with Crippen molar-refractivity contribution in [1.29, 1.82) is 0 Å². The quantitative estimate of drug-likeness (QED) is 0.413. The second-order valence-electron chi connectivity index (χ2n) is 12.9. The minimum Gasteiger partial charge on any atom is -0.381 e. The average Bonchev–Trinajstić information content (AvgIpc) is 3.49. The zero-order valence-corrected chi connectivity index (χ0v) is 25.4. The summed E-state index contributed by atoms with van der Waals surface area (Å²) >= 11 is 0. The number of anilines is 4. The molecule has 4 saturated heterocycles. The van der Waals surface area contributed by atoms with Crippen LogP contribution in [0.2, 0.25) is 0 Å². The van der Waals surface area contributed by atoms with Crippen LogP contribution in [0.5, 0.6) is 0 Å². The van der Waals surface area contributed by atoms with Gasteiger partial charge in [0.05, 0.1) is 17.0 Å². The van der Waals surface area contributed by atoms with Gasteiger partial charge in [0.1, 0.15) is 11.6 Å². The first-order valence-electron chi connectivity index (χ1n) is 16.0. The fraction of sp³-hybridized carbons (Fsp3) is 0.677. The number of aromatic nitrogens is 5. The molecule has 3 aromatic heterocycles. The van der Waals surface area contributed by atoms with Crippen LogP contribution in [0.15, 0.2) is 24.5 Å². The maximum atomic E-state index is 5.52. The summed E-state index contributed by atoms with van der Waals surface area (Å²) in [6.45, 7) is 11.9. The van der Waals surface area contributed by atoms with Gasteiger partial charge in [-0.25, -0.2) is 9.97 Å². The predicted molar refractivity (Wildman–Crippen MR) is 167 cm³/mol. The lowest BCUT2D eigenvalue weighted by molar-refractivity contribution is 0.0816. The molecule has 2 N–H and O–H groups in total. The number of hydrogen-bond acceptors (Lipinski definition) is 10. The summed E-state index contributed by atoms with van der Waals surface area (Å²) in [4.78, 5) is 21.7. The number of nitrogens with one attached hydrogen (secondary N) is 2. The molecule has 11 nitrogen and oxygen atoms in total. The van der Waals surface area contributed by atoms with Gasteiger partial charge >= 0.3 is 0 Å². The first-order chi connectivity index (χ1) is 20.6. The van der Waals surface area contributed by atoms with Gasteiger partial charge in [-0.05, 0) is 64.4 Å². The van der Waals surface area contributed by atoms with Crippen molar-refractivity contribution in [3.63, 3.8) is 0 Å². The van der Waals surface area contributed by atoms with Gasteiger partial charge in [-0.15, -0.1) is 0 Å². The Morgan fingerprint density at radius 1 is 0.952 bits per heavy atom. The van der Waals surface area contributed by atoms with Crippen LogP contribution in [0.4, 0.5) is 23.4 Å². The zero-order chi connectivity index (χ0) is 28.6. The van der Waals surface area contributed by atoms with E-state index in [9.17, 15) is 0 Å². The van der Waals surface area contributed by atoms with Crippen molar-refractivity contribution in [3.8, 4) is 0 Å². The molecule has 7 rings (SSSR count). The Bertz CT molecular complexity index is 1350. The Morgan fingerprint density at radius 2 is 1.69 bits per heavy atom. The first-order valence-corrected chi connectivity index (χ1v) is 16.0. The van der Waals surface area contributed by atoms with E-state index in [1.165, 1.54) is 45.3 Å². The van der Waals surface area contributed by atoms with E-state index >= 15 is 0 Å². The van der Waals surface area contributed by atoms with E-state index in [2.05, 4.69) is 54.9 Å². The van der Waals surface area contributed by atoms with Crippen LogP contribution in [0.25, 0.3) is 10.9 Å². The summed E-state index contributed by atoms with van der Waals surface area (Å²) < 4.78 is 7.67. The summed E-state index contributed by atoms with van der Waals surface area (Å²) in [5.41, 5.74) is 1.10. The van der Waals surface area contributed by atoms with Crippen molar-refractivity contribution in [2.24, 2.45) is 5.92 Å². The van der Waals surface area contributed by atoms with Gasteiger partial charge < -0.3 is 25.2 Å². The van der Waals surface area contributed by atoms with Crippen LogP contribution in [0.3, 0.4) is 0 Å². The summed E-state index contributed by atoms with van der Waals surface area (Å²) in [6.07, 6.45) is 11.3. The van der Waals surface area contributed by atoms with Gasteiger partial charge in [-0.1, -0.05) is 0 Å². The highest BCUT2D eigenvalue weighted by Gasteiger charge is 2.38. The number of methoxy groups -OCH3 is 1. The lowest BCUT2D eigenvalue weighted by atomic mass is 9.95. The molecule has 226 valence electrons. The van der Waals surface area contributed by atoms with Gasteiger partial charge in [-0.2, -0.15) is 10.1 Å². The van der Waals surface area contributed by atoms with Crippen LogP contribution in [-0.4, -0.2) is 101 Å². The highest BCUT2D eigenvalue weighted by atomic mass is 16.5. The van der Waals surface area contributed by atoms with Crippen molar-refractivity contribution < 1.29 is 4.74 Å². The van der Waals surface area contributed by atoms with Crippen LogP contribution in [0.1, 0.15) is 58.4 Å². The lowest BCUT2D eigenvalue weighted by Gasteiger charge is -2.40. The minimum atomic E-state index is 0.248. The highest BCUT2D eigenvalue weighted by Crippen LogP contribution is 2.34. The van der Waals surface area contributed by atoms with E-state index in [1.807, 2.05) is 18.5 Å². The average molecular weight is 575 g/mol. The Kier molecular flexibility index (Phi) is 7.89. The number of pyridine rings is 1. The fourth-order valence-electron chi connectivity index (χ4n) is 7.50. The molecule has 0 radical (unpaired) electrons. The number of ether oxygens (including phenoxy) is 1. The van der Waals surface area contributed by atoms with Crippen LogP contribution < -0.4 is 20.4 Å². The molecule has 11 heteroatoms. The largest absolute Gasteiger partial charge is 0.381 e. The van der Waals surface area contributed by atoms with E-state index in [0.717, 1.165) is 91.3 Å². The molecule has 4 aliphatic rings. The van der Waals surface area contributed by atoms with E-state index in [1.54, 1.807) is 7.11 Å². The molecule has 4 aliphatic heterocycles. The number of hydrogen-bond donors (Lipinski definition) is 2. The summed E-state index contributed by atoms with van der Waals surface area (Å²) in [5.74, 6) is 4.11. The lowest BCUT2D eigenvalue weighted by Crippen LogP contribution is -2.53. The van der Waals surface area contributed by atoms with Crippen molar-refractivity contribution in [3.05, 3.63) is 24.5 Å². The number of nitrogens with zero attached hydrogens (tertiary/aromatic N) is 8. The third-order valence-electron chi connectivity index (χ3n) is 9.93. The maximum absolute atomic E-state index is 5.52. The highest BCUT2D eigenvalue weighted by molar-refractivity contribution is 5.92. The van der Waals surface area contributed by atoms with E-state index < -0.39 is 0 Å². The standard InChI is InChI=1S/C31H46N10O/c1-21(2)41-27-16-29(35-28-6-11-33-31(36-28)39-14-9-25(42-3)10-15-39)34-19-26(27)30(37-41)38-12-7-22(8-13-38)20-40-23-4-5-24(40)18-32-17-23/h6,11,16,19,21-25,32H,4-5,7-10,12-15,17-18,20H2,1-3H3,(H,33,34,35,36). The first kappa shape index (κ1) is 27.8. The number of piperazine rings is 1. The van der Waals surface area contributed by atoms with Crippen molar-refractivity contribution in [2.75, 3.05) is 68.0 Å². The van der Waals surface area contributed by atoms with Gasteiger partial charge in [-0.3, -0.25) is 9.58 Å². The molecule has 7 heterocycles. The van der Waals surface area contributed by atoms with Gasteiger partial charge in [0.2, 0.25) is 5.95 Å². The van der Waals surface area contributed by atoms with E-state index in [4.69, 9.17) is 19.8 Å². The smallest absolute Gasteiger partial charge is 0.227 e. The molecule has 2 unspecified atom stereocenters. The molecule has 42 heavy (non-hydrogen) atoms. The molecule has 0 amide bonds. The third-order valence-corrected chi connectivity index (χ3v) is 9.93. The summed E-state index contributed by atoms with van der Waals surface area (Å²) in [6, 6.07) is 5.77. The zero-order valence-electron chi connectivity index (χ0n) is 25.4. The van der Waals surface area contributed by atoms with Gasteiger partial charge in [0, 0.05) is 89.5 Å². The van der Waals surface area contributed by atoms with Crippen LogP contribution in [-0.2, 0) is 4.74 Å². The molecular weight excluding hydrogens is 528 g/mol. The number of piperidine rings is 2. The molecule has 2 bridgehead atoms. The summed E-state index contributed by atoms with van der Waals surface area (Å²) in [5, 5.41) is 13.3. The Morgan fingerprint density at radius 3 is 2.40 bits per heavy atom. The predicted octanol–water partition coefficient (Wildman–Crippen LogP) is 3.81. The number of rotatable bonds is 8. The topological polar surface area (TPSA) is 99.5 Å². The Balaban J connectivity index is 1.04. The van der Waals surface area contributed by atoms with Crippen LogP contribution in [0, 0.1) is 5.92 Å². The van der Waals surface area contributed by atoms with Crippen molar-refractivity contribution in [2.45, 2.75) is 76.6 Å². The Hall–Kier alpha value is -3.02. The molecule has 0 spiro atoms. The minimum absolute atomic E-state index is 0.248. The van der Waals surface area contributed by atoms with E-state index in [0.29, 0.717) is 6.10 Å². The Labute approximate surface area is 249 Å². The van der Waals surface area contributed by atoms with Crippen LogP contribution >= 0.6 is 0 Å². The molecule has 0 saturated carbocycles. The molecule has 3 aromatic rings. The van der Waals surface area contributed by atoms with Crippen molar-refractivity contribution >= 4 is 34.3 Å².